The second-order valence-corrected chi connectivity index (χ2v) is 4.86. The average molecular weight is 223 g/mol. The Morgan fingerprint density at radius 2 is 2.06 bits per heavy atom. The van der Waals surface area contributed by atoms with Gasteiger partial charge in [0.1, 0.15) is 0 Å². The fourth-order valence-electron chi connectivity index (χ4n) is 2.76. The molecule has 4 N–H and O–H groups in total. The first-order valence-corrected chi connectivity index (χ1v) is 5.94. The zero-order chi connectivity index (χ0) is 11.6. The van der Waals surface area contributed by atoms with Crippen LogP contribution in [0.1, 0.15) is 25.7 Å². The summed E-state index contributed by atoms with van der Waals surface area (Å²) in [5.74, 6) is 0.438. The van der Waals surface area contributed by atoms with Crippen molar-refractivity contribution in [2.45, 2.75) is 37.3 Å². The van der Waals surface area contributed by atoms with Gasteiger partial charge in [-0.15, -0.1) is 0 Å². The molecule has 0 aromatic heterocycles. The van der Waals surface area contributed by atoms with Gasteiger partial charge in [-0.05, 0) is 37.7 Å². The molecule has 0 saturated heterocycles. The van der Waals surface area contributed by atoms with Crippen LogP contribution < -0.4 is 11.5 Å². The van der Waals surface area contributed by atoms with E-state index < -0.39 is 5.54 Å². The number of ether oxygens (including phenoxy) is 1. The van der Waals surface area contributed by atoms with Crippen molar-refractivity contribution < 1.29 is 4.74 Å². The summed E-state index contributed by atoms with van der Waals surface area (Å²) >= 11 is 0. The molecule has 1 atom stereocenters. The van der Waals surface area contributed by atoms with Crippen LogP contribution in [0.5, 0.6) is 0 Å². The van der Waals surface area contributed by atoms with E-state index in [-0.39, 0.29) is 0 Å². The Balaban J connectivity index is 2.03. The van der Waals surface area contributed by atoms with Gasteiger partial charge in [0.15, 0.2) is 0 Å². The van der Waals surface area contributed by atoms with Gasteiger partial charge in [-0.1, -0.05) is 0 Å². The number of methoxy groups -OCH3 is 1. The lowest BCUT2D eigenvalue weighted by Crippen LogP contribution is -2.56. The summed E-state index contributed by atoms with van der Waals surface area (Å²) in [5, 5.41) is 0. The highest BCUT2D eigenvalue weighted by molar-refractivity contribution is 5.74. The van der Waals surface area contributed by atoms with Crippen molar-refractivity contribution in [2.75, 3.05) is 13.7 Å². The Morgan fingerprint density at radius 1 is 1.38 bits per heavy atom. The zero-order valence-corrected chi connectivity index (χ0v) is 9.86. The maximum Gasteiger partial charge on any atom is 0.0782 e. The average Bonchev–Trinajstić information content (AvgIpc) is 2.33. The standard InChI is InChI=1S/C12H21N3O/c1-16-10-4-2-9(3-5-10)12(14)8-15-7-6-11(12)13/h6-7,9-10H,2-5,8,13-14H2,1H3. The van der Waals surface area contributed by atoms with Gasteiger partial charge in [0.25, 0.3) is 0 Å². The molecule has 1 heterocycles. The molecule has 1 saturated carbocycles. The molecule has 1 fully saturated rings. The molecule has 0 radical (unpaired) electrons. The fraction of sp³-hybridized carbons (Fsp3) is 0.750. The molecule has 0 aromatic carbocycles. The first-order valence-electron chi connectivity index (χ1n) is 5.94. The third-order valence-electron chi connectivity index (χ3n) is 3.99. The molecule has 1 unspecified atom stereocenters. The number of hydrogen-bond acceptors (Lipinski definition) is 4. The molecule has 0 bridgehead atoms. The smallest absolute Gasteiger partial charge is 0.0782 e. The van der Waals surface area contributed by atoms with E-state index in [1.807, 2.05) is 6.08 Å². The Kier molecular flexibility index (Phi) is 3.30. The third kappa shape index (κ3) is 1.99. The molecule has 1 aliphatic carbocycles. The summed E-state index contributed by atoms with van der Waals surface area (Å²) in [6, 6.07) is 0. The van der Waals surface area contributed by atoms with Crippen LogP contribution in [0, 0.1) is 5.92 Å². The van der Waals surface area contributed by atoms with Gasteiger partial charge in [-0.25, -0.2) is 0 Å². The maximum atomic E-state index is 6.42. The number of dihydropyridines is 1. The van der Waals surface area contributed by atoms with Gasteiger partial charge in [0.05, 0.1) is 18.2 Å². The summed E-state index contributed by atoms with van der Waals surface area (Å²) < 4.78 is 5.37. The molecule has 0 aromatic rings. The van der Waals surface area contributed by atoms with Crippen LogP contribution in [0.25, 0.3) is 0 Å². The molecular formula is C12H21N3O. The van der Waals surface area contributed by atoms with Crippen LogP contribution >= 0.6 is 0 Å². The second-order valence-electron chi connectivity index (χ2n) is 4.86. The van der Waals surface area contributed by atoms with Gasteiger partial charge >= 0.3 is 0 Å². The predicted molar refractivity (Wildman–Crippen MR) is 65.3 cm³/mol. The van der Waals surface area contributed by atoms with E-state index in [2.05, 4.69) is 4.99 Å². The molecule has 2 rings (SSSR count). The first-order chi connectivity index (χ1) is 7.66. The highest BCUT2D eigenvalue weighted by Crippen LogP contribution is 2.35. The molecule has 16 heavy (non-hydrogen) atoms. The van der Waals surface area contributed by atoms with E-state index in [1.165, 1.54) is 0 Å². The Bertz CT molecular complexity index is 305. The summed E-state index contributed by atoms with van der Waals surface area (Å²) in [7, 11) is 1.78. The van der Waals surface area contributed by atoms with E-state index >= 15 is 0 Å². The van der Waals surface area contributed by atoms with Gasteiger partial charge in [-0.2, -0.15) is 0 Å². The Labute approximate surface area is 96.7 Å². The molecule has 0 amide bonds. The van der Waals surface area contributed by atoms with Gasteiger partial charge in [0, 0.05) is 19.0 Å². The lowest BCUT2D eigenvalue weighted by atomic mass is 9.72. The predicted octanol–water partition coefficient (Wildman–Crippen LogP) is 0.816. The van der Waals surface area contributed by atoms with Crippen LogP contribution in [0.3, 0.4) is 0 Å². The largest absolute Gasteiger partial charge is 0.400 e. The van der Waals surface area contributed by atoms with E-state index in [0.717, 1.165) is 31.4 Å². The minimum absolute atomic E-state index is 0.400. The number of hydrogen-bond donors (Lipinski definition) is 2. The molecule has 0 spiro atoms. The van der Waals surface area contributed by atoms with Gasteiger partial charge in [-0.3, -0.25) is 4.99 Å². The SMILES string of the molecule is COC1CCC(C2(N)CN=CC=C2N)CC1. The lowest BCUT2D eigenvalue weighted by molar-refractivity contribution is 0.0462. The number of allylic oxidation sites excluding steroid dienone is 1. The minimum Gasteiger partial charge on any atom is -0.400 e. The Hall–Kier alpha value is -0.870. The molecule has 4 nitrogen and oxygen atoms in total. The van der Waals surface area contributed by atoms with Crippen molar-refractivity contribution in [3.63, 3.8) is 0 Å². The van der Waals surface area contributed by atoms with Crippen molar-refractivity contribution in [3.8, 4) is 0 Å². The van der Waals surface area contributed by atoms with Crippen LogP contribution in [0.4, 0.5) is 0 Å². The zero-order valence-electron chi connectivity index (χ0n) is 9.86. The van der Waals surface area contributed by atoms with Gasteiger partial charge < -0.3 is 16.2 Å². The van der Waals surface area contributed by atoms with E-state index in [0.29, 0.717) is 18.6 Å². The Morgan fingerprint density at radius 3 is 2.62 bits per heavy atom. The maximum absolute atomic E-state index is 6.42. The minimum atomic E-state index is -0.423. The van der Waals surface area contributed by atoms with Crippen molar-refractivity contribution in [2.24, 2.45) is 22.4 Å². The van der Waals surface area contributed by atoms with E-state index in [1.54, 1.807) is 13.3 Å². The number of nitrogens with zero attached hydrogens (tertiary/aromatic N) is 1. The summed E-state index contributed by atoms with van der Waals surface area (Å²) in [4.78, 5) is 4.26. The van der Waals surface area contributed by atoms with Crippen molar-refractivity contribution in [3.05, 3.63) is 11.8 Å². The topological polar surface area (TPSA) is 73.6 Å². The number of nitrogens with two attached hydrogens (primary N) is 2. The highest BCUT2D eigenvalue weighted by atomic mass is 16.5. The van der Waals surface area contributed by atoms with Crippen LogP contribution in [-0.2, 0) is 4.74 Å². The third-order valence-corrected chi connectivity index (χ3v) is 3.99. The summed E-state index contributed by atoms with van der Waals surface area (Å²) in [5.41, 5.74) is 12.8. The van der Waals surface area contributed by atoms with Crippen molar-refractivity contribution >= 4 is 6.21 Å². The first kappa shape index (κ1) is 11.6. The summed E-state index contributed by atoms with van der Waals surface area (Å²) in [6.07, 6.45) is 8.32. The quantitative estimate of drug-likeness (QED) is 0.727. The second kappa shape index (κ2) is 4.55. The van der Waals surface area contributed by atoms with Crippen molar-refractivity contribution in [1.29, 1.82) is 0 Å². The molecule has 2 aliphatic rings. The molecule has 1 aliphatic heterocycles. The van der Waals surface area contributed by atoms with Crippen LogP contribution in [-0.4, -0.2) is 31.5 Å². The van der Waals surface area contributed by atoms with Crippen molar-refractivity contribution in [1.82, 2.24) is 0 Å². The molecular weight excluding hydrogens is 202 g/mol. The normalized spacial score (nSPS) is 39.5. The summed E-state index contributed by atoms with van der Waals surface area (Å²) in [6.45, 7) is 0.623. The van der Waals surface area contributed by atoms with E-state index in [4.69, 9.17) is 16.2 Å². The van der Waals surface area contributed by atoms with Gasteiger partial charge in [0.2, 0.25) is 0 Å². The fourth-order valence-corrected chi connectivity index (χ4v) is 2.76. The van der Waals surface area contributed by atoms with Crippen LogP contribution in [0.2, 0.25) is 0 Å². The number of rotatable bonds is 2. The number of aliphatic imine (C=N–C) groups is 1. The molecule has 90 valence electrons. The lowest BCUT2D eigenvalue weighted by Gasteiger charge is -2.41. The van der Waals surface area contributed by atoms with E-state index in [9.17, 15) is 0 Å². The van der Waals surface area contributed by atoms with Crippen LogP contribution in [0.15, 0.2) is 16.8 Å². The monoisotopic (exact) mass is 223 g/mol. The highest BCUT2D eigenvalue weighted by Gasteiger charge is 2.40. The molecule has 4 heteroatoms.